The fraction of sp³-hybridized carbons (Fsp3) is 0.154. The lowest BCUT2D eigenvalue weighted by molar-refractivity contribution is -0.141. The van der Waals surface area contributed by atoms with Gasteiger partial charge < -0.3 is 0 Å². The number of rotatable bonds is 1. The predicted molar refractivity (Wildman–Crippen MR) is 58.5 cm³/mol. The molecule has 0 saturated heterocycles. The lowest BCUT2D eigenvalue weighted by atomic mass is 10.0. The highest BCUT2D eigenvalue weighted by Crippen LogP contribution is 2.33. The Balaban J connectivity index is 2.38. The first kappa shape index (κ1) is 14.4. The Morgan fingerprint density at radius 1 is 0.900 bits per heavy atom. The van der Waals surface area contributed by atoms with Crippen LogP contribution in [0.4, 0.5) is 26.3 Å². The van der Waals surface area contributed by atoms with Crippen molar-refractivity contribution in [2.45, 2.75) is 12.4 Å². The average Bonchev–Trinajstić information content (AvgIpc) is 2.37. The van der Waals surface area contributed by atoms with Crippen LogP contribution in [0.3, 0.4) is 0 Å². The Morgan fingerprint density at radius 3 is 2.10 bits per heavy atom. The van der Waals surface area contributed by atoms with Crippen molar-refractivity contribution in [3.05, 3.63) is 53.9 Å². The van der Waals surface area contributed by atoms with Gasteiger partial charge in [0.1, 0.15) is 5.69 Å². The van der Waals surface area contributed by atoms with Crippen LogP contribution in [0.15, 0.2) is 36.5 Å². The molecule has 7 heteroatoms. The Bertz CT molecular complexity index is 597. The summed E-state index contributed by atoms with van der Waals surface area (Å²) in [4.78, 5) is 3.19. The van der Waals surface area contributed by atoms with E-state index in [0.717, 1.165) is 30.5 Å². The largest absolute Gasteiger partial charge is 0.433 e. The van der Waals surface area contributed by atoms with Crippen LogP contribution in [0.5, 0.6) is 0 Å². The highest BCUT2D eigenvalue weighted by Gasteiger charge is 2.32. The van der Waals surface area contributed by atoms with Gasteiger partial charge in [-0.1, -0.05) is 12.1 Å². The molecular formula is C13H6F6N. The molecule has 0 bridgehead atoms. The zero-order valence-corrected chi connectivity index (χ0v) is 9.68. The molecular weight excluding hydrogens is 284 g/mol. The average molecular weight is 290 g/mol. The molecule has 0 amide bonds. The first-order valence-corrected chi connectivity index (χ1v) is 5.30. The first-order valence-electron chi connectivity index (χ1n) is 5.30. The third-order valence-electron chi connectivity index (χ3n) is 2.49. The number of nitrogens with zero attached hydrogens (tertiary/aromatic N) is 1. The van der Waals surface area contributed by atoms with Crippen molar-refractivity contribution >= 4 is 0 Å². The first-order chi connectivity index (χ1) is 9.18. The normalized spacial score (nSPS) is 12.5. The maximum absolute atomic E-state index is 12.5. The summed E-state index contributed by atoms with van der Waals surface area (Å²) in [5, 5.41) is 0. The second-order valence-electron chi connectivity index (χ2n) is 3.92. The molecule has 1 nitrogen and oxygen atoms in total. The van der Waals surface area contributed by atoms with E-state index >= 15 is 0 Å². The maximum Gasteiger partial charge on any atom is 0.433 e. The number of alkyl halides is 6. The SMILES string of the molecule is FC(F)(F)c1cc[c]c(-c2ccc(C(F)(F)F)nc2)c1. The molecule has 0 N–H and O–H groups in total. The highest BCUT2D eigenvalue weighted by molar-refractivity contribution is 5.62. The smallest absolute Gasteiger partial charge is 0.251 e. The van der Waals surface area contributed by atoms with Gasteiger partial charge in [-0.25, -0.2) is 0 Å². The van der Waals surface area contributed by atoms with E-state index in [0.29, 0.717) is 6.07 Å². The van der Waals surface area contributed by atoms with E-state index in [2.05, 4.69) is 11.1 Å². The quantitative estimate of drug-likeness (QED) is 0.700. The number of pyridine rings is 1. The molecule has 1 radical (unpaired) electrons. The van der Waals surface area contributed by atoms with Gasteiger partial charge >= 0.3 is 12.4 Å². The van der Waals surface area contributed by atoms with Crippen molar-refractivity contribution in [1.82, 2.24) is 4.98 Å². The number of hydrogen-bond acceptors (Lipinski definition) is 1. The Morgan fingerprint density at radius 2 is 1.60 bits per heavy atom. The number of benzene rings is 1. The minimum absolute atomic E-state index is 0.0287. The van der Waals surface area contributed by atoms with Gasteiger partial charge in [0.2, 0.25) is 0 Å². The second-order valence-corrected chi connectivity index (χ2v) is 3.92. The van der Waals surface area contributed by atoms with Crippen LogP contribution < -0.4 is 0 Å². The van der Waals surface area contributed by atoms with Crippen molar-refractivity contribution in [1.29, 1.82) is 0 Å². The Labute approximate surface area is 109 Å². The van der Waals surface area contributed by atoms with Crippen molar-refractivity contribution < 1.29 is 26.3 Å². The fourth-order valence-electron chi connectivity index (χ4n) is 1.53. The summed E-state index contributed by atoms with van der Waals surface area (Å²) in [5.74, 6) is 0. The van der Waals surface area contributed by atoms with E-state index in [1.807, 2.05) is 0 Å². The summed E-state index contributed by atoms with van der Waals surface area (Å²) in [6.07, 6.45) is -8.24. The van der Waals surface area contributed by atoms with Crippen LogP contribution in [0.25, 0.3) is 11.1 Å². The van der Waals surface area contributed by atoms with Crippen molar-refractivity contribution in [3.63, 3.8) is 0 Å². The molecule has 0 unspecified atom stereocenters. The molecule has 0 aliphatic rings. The molecule has 2 rings (SSSR count). The van der Waals surface area contributed by atoms with Crippen molar-refractivity contribution in [2.75, 3.05) is 0 Å². The zero-order valence-electron chi connectivity index (χ0n) is 9.68. The minimum atomic E-state index is -4.59. The van der Waals surface area contributed by atoms with E-state index < -0.39 is 23.6 Å². The van der Waals surface area contributed by atoms with Crippen molar-refractivity contribution in [3.8, 4) is 11.1 Å². The zero-order chi connectivity index (χ0) is 15.0. The number of halogens is 6. The molecule has 20 heavy (non-hydrogen) atoms. The van der Waals surface area contributed by atoms with E-state index in [-0.39, 0.29) is 11.1 Å². The third-order valence-corrected chi connectivity index (χ3v) is 2.49. The van der Waals surface area contributed by atoms with E-state index in [4.69, 9.17) is 0 Å². The van der Waals surface area contributed by atoms with E-state index in [9.17, 15) is 26.3 Å². The van der Waals surface area contributed by atoms with Gasteiger partial charge in [-0.15, -0.1) is 0 Å². The molecule has 0 atom stereocenters. The van der Waals surface area contributed by atoms with E-state index in [1.165, 1.54) is 0 Å². The fourth-order valence-corrected chi connectivity index (χ4v) is 1.53. The molecule has 1 heterocycles. The lowest BCUT2D eigenvalue weighted by Crippen LogP contribution is -2.07. The van der Waals surface area contributed by atoms with Crippen LogP contribution >= 0.6 is 0 Å². The number of hydrogen-bond donors (Lipinski definition) is 0. The van der Waals surface area contributed by atoms with Crippen LogP contribution in [0.2, 0.25) is 0 Å². The van der Waals surface area contributed by atoms with Crippen LogP contribution in [-0.4, -0.2) is 4.98 Å². The maximum atomic E-state index is 12.5. The van der Waals surface area contributed by atoms with Gasteiger partial charge in [0.15, 0.2) is 0 Å². The monoisotopic (exact) mass is 290 g/mol. The van der Waals surface area contributed by atoms with Gasteiger partial charge in [0.05, 0.1) is 5.56 Å². The summed E-state index contributed by atoms with van der Waals surface area (Å²) < 4.78 is 74.5. The molecule has 0 fully saturated rings. The minimum Gasteiger partial charge on any atom is -0.251 e. The van der Waals surface area contributed by atoms with Crippen LogP contribution in [0.1, 0.15) is 11.3 Å². The summed E-state index contributed by atoms with van der Waals surface area (Å²) in [6, 6.07) is 7.01. The standard InChI is InChI=1S/C13H6F6N/c14-12(15,16)10-3-1-2-8(6-10)9-4-5-11(20-7-9)13(17,18)19/h1,3-7H. The number of aromatic nitrogens is 1. The Kier molecular flexibility index (Phi) is 3.45. The predicted octanol–water partition coefficient (Wildman–Crippen LogP) is 4.59. The van der Waals surface area contributed by atoms with Gasteiger partial charge in [-0.2, -0.15) is 26.3 Å². The lowest BCUT2D eigenvalue weighted by Gasteiger charge is -2.09. The van der Waals surface area contributed by atoms with Crippen molar-refractivity contribution in [2.24, 2.45) is 0 Å². The summed E-state index contributed by atoms with van der Waals surface area (Å²) in [7, 11) is 0. The van der Waals surface area contributed by atoms with Gasteiger partial charge in [-0.3, -0.25) is 4.98 Å². The molecule has 2 aromatic rings. The third kappa shape index (κ3) is 3.09. The molecule has 105 valence electrons. The van der Waals surface area contributed by atoms with E-state index in [1.54, 1.807) is 0 Å². The summed E-state index contributed by atoms with van der Waals surface area (Å²) in [5.41, 5.74) is -1.84. The topological polar surface area (TPSA) is 12.9 Å². The van der Waals surface area contributed by atoms with Crippen LogP contribution in [-0.2, 0) is 12.4 Å². The molecule has 0 aliphatic carbocycles. The van der Waals surface area contributed by atoms with Gasteiger partial charge in [-0.05, 0) is 29.8 Å². The highest BCUT2D eigenvalue weighted by atomic mass is 19.4. The second kappa shape index (κ2) is 4.81. The van der Waals surface area contributed by atoms with Gasteiger partial charge in [0, 0.05) is 11.8 Å². The van der Waals surface area contributed by atoms with Crippen LogP contribution in [0, 0.1) is 6.07 Å². The molecule has 0 aliphatic heterocycles. The summed E-state index contributed by atoms with van der Waals surface area (Å²) in [6.45, 7) is 0. The molecule has 0 saturated carbocycles. The van der Waals surface area contributed by atoms with Gasteiger partial charge in [0.25, 0.3) is 0 Å². The summed E-state index contributed by atoms with van der Waals surface area (Å²) >= 11 is 0. The molecule has 1 aromatic carbocycles. The molecule has 1 aromatic heterocycles. The Hall–Kier alpha value is -2.05. The molecule has 0 spiro atoms.